The van der Waals surface area contributed by atoms with Gasteiger partial charge in [0.1, 0.15) is 0 Å². The number of hydrogen-bond donors (Lipinski definition) is 0. The van der Waals surface area contributed by atoms with Crippen molar-refractivity contribution in [1.29, 1.82) is 0 Å². The summed E-state index contributed by atoms with van der Waals surface area (Å²) in [6.07, 6.45) is 0. The van der Waals surface area contributed by atoms with E-state index >= 15 is 0 Å². The summed E-state index contributed by atoms with van der Waals surface area (Å²) in [5.74, 6) is 0. The molecular formula is C7H3NO2S2-2. The van der Waals surface area contributed by atoms with Crippen LogP contribution in [0.3, 0.4) is 0 Å². The van der Waals surface area contributed by atoms with Crippen LogP contribution in [0.2, 0.25) is 0 Å². The van der Waals surface area contributed by atoms with Crippen LogP contribution in [0.15, 0.2) is 18.2 Å². The molecule has 0 saturated carbocycles. The van der Waals surface area contributed by atoms with Crippen LogP contribution in [-0.4, -0.2) is 15.2 Å². The quantitative estimate of drug-likeness (QED) is 0.644. The van der Waals surface area contributed by atoms with Crippen molar-refractivity contribution in [3.8, 4) is 0 Å². The molecule has 5 heteroatoms. The maximum Gasteiger partial charge on any atom is 0.0836 e. The van der Waals surface area contributed by atoms with Crippen molar-refractivity contribution in [3.05, 3.63) is 29.6 Å². The summed E-state index contributed by atoms with van der Waals surface area (Å²) >= 11 is 8.69. The highest BCUT2D eigenvalue weighted by Gasteiger charge is 1.96. The topological polar surface area (TPSA) is 47.0 Å². The first-order valence-corrected chi connectivity index (χ1v) is 3.82. The lowest BCUT2D eigenvalue weighted by atomic mass is 10.3. The Morgan fingerprint density at radius 2 is 1.50 bits per heavy atom. The molecule has 0 bridgehead atoms. The van der Waals surface area contributed by atoms with E-state index in [1.807, 2.05) is 0 Å². The van der Waals surface area contributed by atoms with E-state index < -0.39 is 10.2 Å². The maximum absolute atomic E-state index is 10.6. The summed E-state index contributed by atoms with van der Waals surface area (Å²) in [6, 6.07) is 4.40. The molecule has 0 fully saturated rings. The number of nitrogens with zero attached hydrogens (tertiary/aromatic N) is 1. The van der Waals surface area contributed by atoms with E-state index in [0.717, 1.165) is 0 Å². The second kappa shape index (κ2) is 3.55. The molecule has 0 radical (unpaired) electrons. The number of hydrogen-bond acceptors (Lipinski definition) is 5. The number of pyridine rings is 1. The van der Waals surface area contributed by atoms with Gasteiger partial charge in [-0.3, -0.25) is 0 Å². The van der Waals surface area contributed by atoms with Crippen LogP contribution in [0.5, 0.6) is 0 Å². The third-order valence-corrected chi connectivity index (χ3v) is 1.59. The van der Waals surface area contributed by atoms with Crippen LogP contribution in [0.25, 0.3) is 0 Å². The average Bonchev–Trinajstić information content (AvgIpc) is 2.04. The molecular weight excluding hydrogens is 194 g/mol. The van der Waals surface area contributed by atoms with Gasteiger partial charge in [-0.05, 0) is 12.1 Å². The van der Waals surface area contributed by atoms with Crippen molar-refractivity contribution >= 4 is 35.5 Å². The summed E-state index contributed by atoms with van der Waals surface area (Å²) in [5, 5.41) is -1.18. The molecule has 0 aliphatic carbocycles. The molecule has 0 aliphatic heterocycles. The SMILES string of the molecule is O=C([S-])c1cccc(C(=O)[S-])n1. The molecule has 62 valence electrons. The Kier molecular flexibility index (Phi) is 2.67. The van der Waals surface area contributed by atoms with Crippen LogP contribution in [0.1, 0.15) is 21.0 Å². The molecule has 0 aliphatic rings. The minimum atomic E-state index is -0.590. The molecule has 12 heavy (non-hydrogen) atoms. The number of carbonyl (C=O) groups excluding carboxylic acids is 2. The normalized spacial score (nSPS) is 9.33. The van der Waals surface area contributed by atoms with Gasteiger partial charge in [0.05, 0.1) is 21.6 Å². The van der Waals surface area contributed by atoms with E-state index in [1.54, 1.807) is 0 Å². The predicted octanol–water partition coefficient (Wildman–Crippen LogP) is 0.456. The second-order valence-corrected chi connectivity index (χ2v) is 2.72. The van der Waals surface area contributed by atoms with Crippen molar-refractivity contribution in [3.63, 3.8) is 0 Å². The molecule has 0 amide bonds. The third-order valence-electron chi connectivity index (χ3n) is 1.17. The van der Waals surface area contributed by atoms with Crippen molar-refractivity contribution in [1.82, 2.24) is 4.98 Å². The van der Waals surface area contributed by atoms with Crippen LogP contribution < -0.4 is 0 Å². The lowest BCUT2D eigenvalue weighted by Gasteiger charge is -2.06. The predicted molar refractivity (Wildman–Crippen MR) is 47.6 cm³/mol. The van der Waals surface area contributed by atoms with Gasteiger partial charge in [0, 0.05) is 0 Å². The average molecular weight is 197 g/mol. The van der Waals surface area contributed by atoms with Gasteiger partial charge in [-0.1, -0.05) is 6.07 Å². The van der Waals surface area contributed by atoms with Crippen LogP contribution in [0, 0.1) is 0 Å². The van der Waals surface area contributed by atoms with E-state index in [-0.39, 0.29) is 11.4 Å². The Hall–Kier alpha value is -1.07. The molecule has 0 spiro atoms. The maximum atomic E-state index is 10.6. The molecule has 1 aromatic rings. The van der Waals surface area contributed by atoms with E-state index in [2.05, 4.69) is 30.2 Å². The van der Waals surface area contributed by atoms with Gasteiger partial charge in [0.25, 0.3) is 0 Å². The smallest absolute Gasteiger partial charge is 0.0836 e. The van der Waals surface area contributed by atoms with Crippen molar-refractivity contribution in [2.24, 2.45) is 0 Å². The minimum Gasteiger partial charge on any atom is -0.735 e. The molecule has 0 atom stereocenters. The largest absolute Gasteiger partial charge is 0.735 e. The molecule has 1 rings (SSSR count). The lowest BCUT2D eigenvalue weighted by Crippen LogP contribution is -2.03. The van der Waals surface area contributed by atoms with Gasteiger partial charge in [-0.15, -0.1) is 0 Å². The summed E-state index contributed by atoms with van der Waals surface area (Å²) in [5.41, 5.74) is 0.168. The molecule has 0 unspecified atom stereocenters. The van der Waals surface area contributed by atoms with Crippen LogP contribution >= 0.6 is 0 Å². The Bertz CT molecular complexity index is 309. The Morgan fingerprint density at radius 1 is 1.08 bits per heavy atom. The molecule has 0 N–H and O–H groups in total. The zero-order valence-electron chi connectivity index (χ0n) is 5.81. The second-order valence-electron chi connectivity index (χ2n) is 1.98. The fourth-order valence-corrected chi connectivity index (χ4v) is 0.889. The minimum absolute atomic E-state index is 0.0840. The van der Waals surface area contributed by atoms with Crippen LogP contribution in [-0.2, 0) is 25.3 Å². The number of carbonyl (C=O) groups is 2. The van der Waals surface area contributed by atoms with Crippen molar-refractivity contribution in [2.75, 3.05) is 0 Å². The zero-order valence-corrected chi connectivity index (χ0v) is 7.45. The van der Waals surface area contributed by atoms with Gasteiger partial charge in [-0.25, -0.2) is 4.98 Å². The standard InChI is InChI=1S/C7H5NO2S2/c9-6(11)4-2-1-3-5(8-4)7(10)12/h1-3H,(H,9,11)(H,10,12)/p-2. The first-order valence-electron chi connectivity index (χ1n) is 3.01. The van der Waals surface area contributed by atoms with E-state index in [4.69, 9.17) is 0 Å². The summed E-state index contributed by atoms with van der Waals surface area (Å²) in [6.45, 7) is 0. The Labute approximate surface area is 80.0 Å². The highest BCUT2D eigenvalue weighted by Crippen LogP contribution is 1.99. The molecule has 3 nitrogen and oxygen atoms in total. The first-order chi connectivity index (χ1) is 5.61. The monoisotopic (exact) mass is 197 g/mol. The van der Waals surface area contributed by atoms with Crippen LogP contribution in [0.4, 0.5) is 0 Å². The highest BCUT2D eigenvalue weighted by molar-refractivity contribution is 7.78. The molecule has 1 aromatic heterocycles. The van der Waals surface area contributed by atoms with Gasteiger partial charge in [0.15, 0.2) is 0 Å². The van der Waals surface area contributed by atoms with Gasteiger partial charge >= 0.3 is 0 Å². The first kappa shape index (κ1) is 9.02. The van der Waals surface area contributed by atoms with E-state index in [1.165, 1.54) is 18.2 Å². The van der Waals surface area contributed by atoms with E-state index in [0.29, 0.717) is 0 Å². The van der Waals surface area contributed by atoms with Gasteiger partial charge in [-0.2, -0.15) is 0 Å². The fraction of sp³-hybridized carbons (Fsp3) is 0. The fourth-order valence-electron chi connectivity index (χ4n) is 0.662. The third kappa shape index (κ3) is 1.96. The van der Waals surface area contributed by atoms with Gasteiger partial charge in [0.2, 0.25) is 0 Å². The van der Waals surface area contributed by atoms with Crippen molar-refractivity contribution in [2.45, 2.75) is 0 Å². The Balaban J connectivity index is 3.12. The van der Waals surface area contributed by atoms with E-state index in [9.17, 15) is 9.59 Å². The highest BCUT2D eigenvalue weighted by atomic mass is 32.1. The zero-order chi connectivity index (χ0) is 9.14. The van der Waals surface area contributed by atoms with Crippen molar-refractivity contribution < 1.29 is 9.59 Å². The number of rotatable bonds is 2. The number of aromatic nitrogens is 1. The summed E-state index contributed by atoms with van der Waals surface area (Å²) in [4.78, 5) is 24.9. The molecule has 1 heterocycles. The lowest BCUT2D eigenvalue weighted by molar-refractivity contribution is 0.108. The Morgan fingerprint density at radius 3 is 1.83 bits per heavy atom. The summed E-state index contributed by atoms with van der Waals surface area (Å²) in [7, 11) is 0. The van der Waals surface area contributed by atoms with Gasteiger partial charge < -0.3 is 34.8 Å². The molecule has 0 saturated heterocycles. The summed E-state index contributed by atoms with van der Waals surface area (Å²) < 4.78 is 0. The molecule has 0 aromatic carbocycles.